The van der Waals surface area contributed by atoms with Crippen LogP contribution < -0.4 is 0 Å². The third-order valence-electron chi connectivity index (χ3n) is 8.01. The van der Waals surface area contributed by atoms with Crippen molar-refractivity contribution in [2.45, 2.75) is 0 Å². The van der Waals surface area contributed by atoms with Gasteiger partial charge < -0.3 is 9.13 Å². The number of rotatable bonds is 3. The molecule has 0 radical (unpaired) electrons. The molecule has 0 spiro atoms. The van der Waals surface area contributed by atoms with Crippen molar-refractivity contribution < 1.29 is 0 Å². The fourth-order valence-corrected chi connectivity index (χ4v) is 6.17. The number of benzene rings is 5. The minimum atomic E-state index is 0.372. The fraction of sp³-hybridized carbons (Fsp3) is 0. The van der Waals surface area contributed by atoms with Gasteiger partial charge in [0.15, 0.2) is 0 Å². The molecule has 0 saturated heterocycles. The Labute approximate surface area is 241 Å². The summed E-state index contributed by atoms with van der Waals surface area (Å²) in [6, 6.07) is 44.1. The molecule has 42 heavy (non-hydrogen) atoms. The lowest BCUT2D eigenvalue weighted by Crippen LogP contribution is -1.96. The highest BCUT2D eigenvalue weighted by atomic mass is 15.0. The van der Waals surface area contributed by atoms with Crippen LogP contribution in [0.5, 0.6) is 0 Å². The smallest absolute Gasteiger partial charge is 0.214 e. The minimum absolute atomic E-state index is 0.372. The summed E-state index contributed by atoms with van der Waals surface area (Å²) in [7, 11) is 0. The molecule has 0 atom stereocenters. The highest BCUT2D eigenvalue weighted by Crippen LogP contribution is 2.37. The first kappa shape index (κ1) is 23.7. The largest absolute Gasteiger partial charge is 0.309 e. The molecule has 0 aliphatic carbocycles. The van der Waals surface area contributed by atoms with Gasteiger partial charge in [-0.15, -0.1) is 0 Å². The van der Waals surface area contributed by atoms with Gasteiger partial charge in [0, 0.05) is 39.1 Å². The third-order valence-corrected chi connectivity index (χ3v) is 8.01. The summed E-state index contributed by atoms with van der Waals surface area (Å²) in [5.41, 5.74) is 8.93. The fourth-order valence-electron chi connectivity index (χ4n) is 6.17. The Balaban J connectivity index is 1.31. The van der Waals surface area contributed by atoms with Gasteiger partial charge in [-0.05, 0) is 60.2 Å². The van der Waals surface area contributed by atoms with E-state index in [1.165, 1.54) is 38.8 Å². The highest BCUT2D eigenvalue weighted by Gasteiger charge is 2.16. The van der Waals surface area contributed by atoms with E-state index in [1.807, 2.05) is 12.1 Å². The Morgan fingerprint density at radius 1 is 0.595 bits per heavy atom. The Morgan fingerprint density at radius 3 is 1.71 bits per heavy atom. The lowest BCUT2D eigenvalue weighted by Gasteiger charge is -2.11. The zero-order chi connectivity index (χ0) is 28.2. The molecule has 0 bridgehead atoms. The molecule has 0 amide bonds. The van der Waals surface area contributed by atoms with Crippen LogP contribution in [0.25, 0.3) is 71.1 Å². The lowest BCUT2D eigenvalue weighted by molar-refractivity contribution is 1.16. The van der Waals surface area contributed by atoms with Crippen LogP contribution in [-0.4, -0.2) is 14.1 Å². The van der Waals surface area contributed by atoms with Crippen molar-refractivity contribution in [3.8, 4) is 28.7 Å². The van der Waals surface area contributed by atoms with Crippen LogP contribution in [0.15, 0.2) is 128 Å². The van der Waals surface area contributed by atoms with Gasteiger partial charge >= 0.3 is 0 Å². The Kier molecular flexibility index (Phi) is 5.19. The zero-order valence-corrected chi connectivity index (χ0v) is 22.4. The van der Waals surface area contributed by atoms with Gasteiger partial charge in [0.25, 0.3) is 0 Å². The molecule has 0 aliphatic rings. The monoisotopic (exact) mass is 535 g/mol. The standard InChI is InChI=1S/C37H21N5/c1-39-32-20-24(22-38)23-40-37(32)25-14-16-26(17-15-25)41-35-13-7-4-10-30(35)31-21-27(18-19-36(31)41)42-33-11-5-2-8-28(33)29-9-3-6-12-34(29)42/h2-21,23H. The number of nitriles is 1. The Morgan fingerprint density at radius 2 is 1.12 bits per heavy atom. The second kappa shape index (κ2) is 9.20. The molecule has 0 unspecified atom stereocenters. The molecule has 194 valence electrons. The van der Waals surface area contributed by atoms with Crippen molar-refractivity contribution in [1.29, 1.82) is 5.26 Å². The summed E-state index contributed by atoms with van der Waals surface area (Å²) < 4.78 is 4.64. The van der Waals surface area contributed by atoms with E-state index < -0.39 is 0 Å². The molecule has 3 heterocycles. The van der Waals surface area contributed by atoms with E-state index in [2.05, 4.69) is 128 Å². The Bertz CT molecular complexity index is 2380. The van der Waals surface area contributed by atoms with Crippen LogP contribution >= 0.6 is 0 Å². The summed E-state index contributed by atoms with van der Waals surface area (Å²) in [5.74, 6) is 0. The van der Waals surface area contributed by atoms with Crippen LogP contribution in [-0.2, 0) is 0 Å². The molecular weight excluding hydrogens is 514 g/mol. The van der Waals surface area contributed by atoms with Gasteiger partial charge in [-0.2, -0.15) is 5.26 Å². The number of hydrogen-bond acceptors (Lipinski definition) is 2. The molecule has 0 N–H and O–H groups in total. The van der Waals surface area contributed by atoms with E-state index in [-0.39, 0.29) is 0 Å². The van der Waals surface area contributed by atoms with Gasteiger partial charge in [-0.1, -0.05) is 66.7 Å². The van der Waals surface area contributed by atoms with E-state index >= 15 is 0 Å². The van der Waals surface area contributed by atoms with Crippen molar-refractivity contribution in [2.75, 3.05) is 0 Å². The van der Waals surface area contributed by atoms with Crippen molar-refractivity contribution in [1.82, 2.24) is 14.1 Å². The van der Waals surface area contributed by atoms with Crippen LogP contribution in [0.2, 0.25) is 0 Å². The maximum Gasteiger partial charge on any atom is 0.214 e. The number of pyridine rings is 1. The topological polar surface area (TPSA) is 50.9 Å². The van der Waals surface area contributed by atoms with Crippen LogP contribution in [0.1, 0.15) is 5.56 Å². The minimum Gasteiger partial charge on any atom is -0.309 e. The summed E-state index contributed by atoms with van der Waals surface area (Å²) in [6.07, 6.45) is 1.51. The molecule has 3 aromatic heterocycles. The summed E-state index contributed by atoms with van der Waals surface area (Å²) in [6.45, 7) is 7.57. The molecule has 8 rings (SSSR count). The molecule has 0 fully saturated rings. The van der Waals surface area contributed by atoms with Gasteiger partial charge in [0.1, 0.15) is 0 Å². The number of nitrogens with zero attached hydrogens (tertiary/aromatic N) is 5. The molecular formula is C37H21N5. The third kappa shape index (κ3) is 3.45. The van der Waals surface area contributed by atoms with E-state index in [1.54, 1.807) is 6.07 Å². The van der Waals surface area contributed by atoms with Crippen LogP contribution in [0.3, 0.4) is 0 Å². The second-order valence-electron chi connectivity index (χ2n) is 10.3. The molecule has 8 aromatic rings. The maximum atomic E-state index is 9.20. The van der Waals surface area contributed by atoms with Crippen LogP contribution in [0.4, 0.5) is 5.69 Å². The van der Waals surface area contributed by atoms with Crippen molar-refractivity contribution in [3.63, 3.8) is 0 Å². The van der Waals surface area contributed by atoms with Gasteiger partial charge in [0.2, 0.25) is 5.69 Å². The highest BCUT2D eigenvalue weighted by molar-refractivity contribution is 6.12. The predicted octanol–water partition coefficient (Wildman–Crippen LogP) is 9.37. The van der Waals surface area contributed by atoms with E-state index in [9.17, 15) is 5.26 Å². The summed E-state index contributed by atoms with van der Waals surface area (Å²) >= 11 is 0. The summed E-state index contributed by atoms with van der Waals surface area (Å²) in [5, 5.41) is 14.1. The normalized spacial score (nSPS) is 11.3. The number of hydrogen-bond donors (Lipinski definition) is 0. The number of aromatic nitrogens is 3. The van der Waals surface area contributed by atoms with Crippen molar-refractivity contribution in [2.24, 2.45) is 0 Å². The van der Waals surface area contributed by atoms with E-state index in [4.69, 9.17) is 6.57 Å². The van der Waals surface area contributed by atoms with Gasteiger partial charge in [-0.25, -0.2) is 4.85 Å². The first-order valence-corrected chi connectivity index (χ1v) is 13.7. The molecule has 5 aromatic carbocycles. The molecule has 0 saturated carbocycles. The average Bonchev–Trinajstić information content (AvgIpc) is 3.57. The average molecular weight is 536 g/mol. The number of para-hydroxylation sites is 3. The van der Waals surface area contributed by atoms with E-state index in [0.29, 0.717) is 16.9 Å². The lowest BCUT2D eigenvalue weighted by atomic mass is 10.1. The number of fused-ring (bicyclic) bond motifs is 6. The van der Waals surface area contributed by atoms with Crippen molar-refractivity contribution in [3.05, 3.63) is 145 Å². The first-order valence-electron chi connectivity index (χ1n) is 13.7. The maximum absolute atomic E-state index is 9.20. The second-order valence-corrected chi connectivity index (χ2v) is 10.3. The van der Waals surface area contributed by atoms with Crippen LogP contribution in [0, 0.1) is 17.9 Å². The van der Waals surface area contributed by atoms with Gasteiger partial charge in [0.05, 0.1) is 46.0 Å². The molecule has 5 nitrogen and oxygen atoms in total. The zero-order valence-electron chi connectivity index (χ0n) is 22.4. The van der Waals surface area contributed by atoms with Gasteiger partial charge in [-0.3, -0.25) is 4.98 Å². The first-order chi connectivity index (χ1) is 20.7. The summed E-state index contributed by atoms with van der Waals surface area (Å²) in [4.78, 5) is 8.02. The SMILES string of the molecule is [C-]#[N+]c1cc(C#N)cnc1-c1ccc(-n2c3ccccc3c3cc(-n4c5ccccc5c5ccccc54)ccc32)cc1. The molecule has 5 heteroatoms. The Hall–Kier alpha value is -6.17. The van der Waals surface area contributed by atoms with Crippen molar-refractivity contribution >= 4 is 49.3 Å². The quantitative estimate of drug-likeness (QED) is 0.212. The molecule has 0 aliphatic heterocycles. The predicted molar refractivity (Wildman–Crippen MR) is 169 cm³/mol. The van der Waals surface area contributed by atoms with E-state index in [0.717, 1.165) is 28.0 Å².